The zero-order valence-corrected chi connectivity index (χ0v) is 11.9. The van der Waals surface area contributed by atoms with Crippen molar-refractivity contribution in [1.82, 2.24) is 14.7 Å². The predicted octanol–water partition coefficient (Wildman–Crippen LogP) is 2.44. The summed E-state index contributed by atoms with van der Waals surface area (Å²) in [4.78, 5) is 14.5. The standard InChI is InChI=1S/C16H19N3O/c1-12-14(13-6-4-3-5-7-13)9-11-19(12)16(20)15-8-10-17-18(15)2/h3-8,10,12,14H,9,11H2,1-2H3. The van der Waals surface area contributed by atoms with Gasteiger partial charge in [0.1, 0.15) is 5.69 Å². The number of nitrogens with zero attached hydrogens (tertiary/aromatic N) is 3. The van der Waals surface area contributed by atoms with Gasteiger partial charge in [0.05, 0.1) is 0 Å². The molecule has 0 aliphatic carbocycles. The van der Waals surface area contributed by atoms with Crippen LogP contribution in [0.25, 0.3) is 0 Å². The number of benzene rings is 1. The minimum absolute atomic E-state index is 0.0796. The van der Waals surface area contributed by atoms with Gasteiger partial charge in [-0.3, -0.25) is 9.48 Å². The van der Waals surface area contributed by atoms with Gasteiger partial charge in [0, 0.05) is 31.7 Å². The van der Waals surface area contributed by atoms with Crippen molar-refractivity contribution < 1.29 is 4.79 Å². The second-order valence-corrected chi connectivity index (χ2v) is 5.39. The van der Waals surface area contributed by atoms with Crippen molar-refractivity contribution in [2.45, 2.75) is 25.3 Å². The van der Waals surface area contributed by atoms with Gasteiger partial charge >= 0.3 is 0 Å². The second-order valence-electron chi connectivity index (χ2n) is 5.39. The summed E-state index contributed by atoms with van der Waals surface area (Å²) in [6.07, 6.45) is 2.69. The number of aryl methyl sites for hydroxylation is 1. The number of likely N-dealkylation sites (tertiary alicyclic amines) is 1. The maximum atomic E-state index is 12.6. The molecule has 1 aromatic heterocycles. The van der Waals surface area contributed by atoms with Gasteiger partial charge in [0.2, 0.25) is 0 Å². The van der Waals surface area contributed by atoms with Crippen LogP contribution < -0.4 is 0 Å². The van der Waals surface area contributed by atoms with Crippen LogP contribution in [0.4, 0.5) is 0 Å². The van der Waals surface area contributed by atoms with E-state index in [1.807, 2.05) is 18.0 Å². The van der Waals surface area contributed by atoms with E-state index in [0.717, 1.165) is 13.0 Å². The van der Waals surface area contributed by atoms with E-state index in [1.165, 1.54) is 5.56 Å². The average molecular weight is 269 g/mol. The maximum absolute atomic E-state index is 12.6. The Morgan fingerprint density at radius 3 is 2.65 bits per heavy atom. The normalized spacial score (nSPS) is 22.2. The van der Waals surface area contributed by atoms with Crippen molar-refractivity contribution >= 4 is 5.91 Å². The van der Waals surface area contributed by atoms with Crippen molar-refractivity contribution in [2.24, 2.45) is 7.05 Å². The monoisotopic (exact) mass is 269 g/mol. The van der Waals surface area contributed by atoms with Crippen LogP contribution in [0, 0.1) is 0 Å². The van der Waals surface area contributed by atoms with Gasteiger partial charge in [-0.2, -0.15) is 5.10 Å². The number of hydrogen-bond donors (Lipinski definition) is 0. The van der Waals surface area contributed by atoms with Crippen LogP contribution >= 0.6 is 0 Å². The Morgan fingerprint density at radius 2 is 2.00 bits per heavy atom. The molecule has 0 radical (unpaired) electrons. The molecular weight excluding hydrogens is 250 g/mol. The molecular formula is C16H19N3O. The van der Waals surface area contributed by atoms with Crippen molar-refractivity contribution in [3.05, 3.63) is 53.9 Å². The predicted molar refractivity (Wildman–Crippen MR) is 77.5 cm³/mol. The highest BCUT2D eigenvalue weighted by molar-refractivity contribution is 5.93. The van der Waals surface area contributed by atoms with E-state index in [2.05, 4.69) is 36.3 Å². The van der Waals surface area contributed by atoms with Crippen LogP contribution in [0.15, 0.2) is 42.6 Å². The molecule has 0 bridgehead atoms. The Bertz CT molecular complexity index is 605. The van der Waals surface area contributed by atoms with Gasteiger partial charge in [-0.15, -0.1) is 0 Å². The molecule has 1 aliphatic rings. The van der Waals surface area contributed by atoms with Gasteiger partial charge in [-0.05, 0) is 25.0 Å². The highest BCUT2D eigenvalue weighted by Crippen LogP contribution is 2.33. The molecule has 2 aromatic rings. The minimum atomic E-state index is 0.0796. The second kappa shape index (κ2) is 5.12. The third kappa shape index (κ3) is 2.11. The largest absolute Gasteiger partial charge is 0.334 e. The molecule has 4 nitrogen and oxygen atoms in total. The highest BCUT2D eigenvalue weighted by atomic mass is 16.2. The molecule has 104 valence electrons. The topological polar surface area (TPSA) is 38.1 Å². The van der Waals surface area contributed by atoms with E-state index >= 15 is 0 Å². The summed E-state index contributed by atoms with van der Waals surface area (Å²) >= 11 is 0. The van der Waals surface area contributed by atoms with Gasteiger partial charge in [0.15, 0.2) is 0 Å². The molecule has 20 heavy (non-hydrogen) atoms. The van der Waals surface area contributed by atoms with Gasteiger partial charge < -0.3 is 4.90 Å². The number of carbonyl (C=O) groups is 1. The van der Waals surface area contributed by atoms with Gasteiger partial charge in [-0.25, -0.2) is 0 Å². The Kier molecular flexibility index (Phi) is 3.30. The highest BCUT2D eigenvalue weighted by Gasteiger charge is 2.35. The minimum Gasteiger partial charge on any atom is -0.334 e. The third-order valence-corrected chi connectivity index (χ3v) is 4.28. The van der Waals surface area contributed by atoms with Crippen LogP contribution in [-0.2, 0) is 7.05 Å². The third-order valence-electron chi connectivity index (χ3n) is 4.28. The molecule has 2 heterocycles. The Morgan fingerprint density at radius 1 is 1.25 bits per heavy atom. The van der Waals surface area contributed by atoms with Gasteiger partial charge in [-0.1, -0.05) is 30.3 Å². The number of hydrogen-bond acceptors (Lipinski definition) is 2. The number of aromatic nitrogens is 2. The molecule has 2 atom stereocenters. The fraction of sp³-hybridized carbons (Fsp3) is 0.375. The Balaban J connectivity index is 1.81. The lowest BCUT2D eigenvalue weighted by Gasteiger charge is -2.25. The quantitative estimate of drug-likeness (QED) is 0.840. The van der Waals surface area contributed by atoms with Crippen molar-refractivity contribution in [3.63, 3.8) is 0 Å². The Labute approximate surface area is 119 Å². The lowest BCUT2D eigenvalue weighted by atomic mass is 9.93. The van der Waals surface area contributed by atoms with Crippen LogP contribution in [0.5, 0.6) is 0 Å². The van der Waals surface area contributed by atoms with E-state index in [0.29, 0.717) is 11.6 Å². The average Bonchev–Trinajstić information content (AvgIpc) is 3.05. The zero-order chi connectivity index (χ0) is 14.1. The SMILES string of the molecule is CC1C(c2ccccc2)CCN1C(=O)c1ccnn1C. The summed E-state index contributed by atoms with van der Waals surface area (Å²) in [5, 5.41) is 4.08. The van der Waals surface area contributed by atoms with E-state index < -0.39 is 0 Å². The molecule has 1 amide bonds. The number of carbonyl (C=O) groups excluding carboxylic acids is 1. The van der Waals surface area contributed by atoms with Crippen LogP contribution in [0.1, 0.15) is 35.3 Å². The summed E-state index contributed by atoms with van der Waals surface area (Å²) in [7, 11) is 1.81. The molecule has 1 aromatic carbocycles. The van der Waals surface area contributed by atoms with Gasteiger partial charge in [0.25, 0.3) is 5.91 Å². The molecule has 0 spiro atoms. The van der Waals surface area contributed by atoms with E-state index in [-0.39, 0.29) is 11.9 Å². The van der Waals surface area contributed by atoms with Crippen LogP contribution in [0.3, 0.4) is 0 Å². The molecule has 0 saturated carbocycles. The molecule has 3 rings (SSSR count). The lowest BCUT2D eigenvalue weighted by Crippen LogP contribution is -2.36. The molecule has 0 N–H and O–H groups in total. The zero-order valence-electron chi connectivity index (χ0n) is 11.9. The van der Waals surface area contributed by atoms with Crippen LogP contribution in [0.2, 0.25) is 0 Å². The molecule has 1 fully saturated rings. The molecule has 1 saturated heterocycles. The maximum Gasteiger partial charge on any atom is 0.272 e. The first-order chi connectivity index (χ1) is 9.68. The first-order valence-electron chi connectivity index (χ1n) is 7.02. The fourth-order valence-electron chi connectivity index (χ4n) is 3.10. The van der Waals surface area contributed by atoms with E-state index in [4.69, 9.17) is 0 Å². The summed E-state index contributed by atoms with van der Waals surface area (Å²) in [6, 6.07) is 12.5. The molecule has 2 unspecified atom stereocenters. The smallest absolute Gasteiger partial charge is 0.272 e. The summed E-state index contributed by atoms with van der Waals surface area (Å²) < 4.78 is 1.64. The number of amides is 1. The molecule has 1 aliphatic heterocycles. The van der Waals surface area contributed by atoms with Crippen molar-refractivity contribution in [1.29, 1.82) is 0 Å². The summed E-state index contributed by atoms with van der Waals surface area (Å²) in [5.41, 5.74) is 1.98. The fourth-order valence-corrected chi connectivity index (χ4v) is 3.10. The summed E-state index contributed by atoms with van der Waals surface area (Å²) in [6.45, 7) is 2.95. The Hall–Kier alpha value is -2.10. The number of rotatable bonds is 2. The van der Waals surface area contributed by atoms with Crippen molar-refractivity contribution in [2.75, 3.05) is 6.54 Å². The van der Waals surface area contributed by atoms with E-state index in [9.17, 15) is 4.79 Å². The first kappa shape index (κ1) is 12.9. The van der Waals surface area contributed by atoms with Crippen molar-refractivity contribution in [3.8, 4) is 0 Å². The molecule has 4 heteroatoms. The summed E-state index contributed by atoms with van der Waals surface area (Å²) in [5.74, 6) is 0.504. The van der Waals surface area contributed by atoms with Crippen LogP contribution in [-0.4, -0.2) is 33.2 Å². The van der Waals surface area contributed by atoms with E-state index in [1.54, 1.807) is 16.9 Å². The first-order valence-corrected chi connectivity index (χ1v) is 7.02. The lowest BCUT2D eigenvalue weighted by molar-refractivity contribution is 0.0731.